The number of hydrogen-bond acceptors (Lipinski definition) is 1. The van der Waals surface area contributed by atoms with Gasteiger partial charge in [0.15, 0.2) is 0 Å². The van der Waals surface area contributed by atoms with Crippen LogP contribution < -0.4 is 0 Å². The van der Waals surface area contributed by atoms with E-state index in [0.717, 1.165) is 3.57 Å². The Hall–Kier alpha value is 0.490. The molecule has 0 aliphatic rings. The van der Waals surface area contributed by atoms with Crippen LogP contribution in [0.15, 0.2) is 12.1 Å². The highest BCUT2D eigenvalue weighted by Gasteiger charge is 2.11. The second-order valence-corrected chi connectivity index (χ2v) is 4.36. The van der Waals surface area contributed by atoms with Gasteiger partial charge in [0.05, 0.1) is 16.1 Å². The number of aliphatic hydroxyl groups is 1. The van der Waals surface area contributed by atoms with E-state index in [0.29, 0.717) is 15.6 Å². The van der Waals surface area contributed by atoms with Gasteiger partial charge in [0, 0.05) is 9.13 Å². The molecule has 0 bridgehead atoms. The molecule has 1 aromatic rings. The minimum Gasteiger partial charge on any atom is -0.389 e. The maximum atomic E-state index is 9.27. The van der Waals surface area contributed by atoms with Gasteiger partial charge in [0.1, 0.15) is 0 Å². The van der Waals surface area contributed by atoms with Gasteiger partial charge >= 0.3 is 0 Å². The van der Waals surface area contributed by atoms with Crippen molar-refractivity contribution in [3.8, 4) is 0 Å². The van der Waals surface area contributed by atoms with Crippen molar-refractivity contribution in [3.05, 3.63) is 31.3 Å². The van der Waals surface area contributed by atoms with Crippen molar-refractivity contribution < 1.29 is 5.11 Å². The summed E-state index contributed by atoms with van der Waals surface area (Å²) in [5.74, 6) is 0. The number of aliphatic hydroxyl groups excluding tert-OH is 1. The highest BCUT2D eigenvalue weighted by Crippen LogP contribution is 2.33. The smallest absolute Gasteiger partial charge is 0.0776 e. The molecule has 1 aromatic carbocycles. The van der Waals surface area contributed by atoms with Crippen LogP contribution in [0.3, 0.4) is 0 Å². The van der Waals surface area contributed by atoms with Gasteiger partial charge in [-0.15, -0.1) is 0 Å². The maximum absolute atomic E-state index is 9.27. The fourth-order valence-electron chi connectivity index (χ4n) is 0.863. The molecule has 0 fully saturated rings. The van der Waals surface area contributed by atoms with E-state index in [-0.39, 0.29) is 0 Å². The molecule has 0 aromatic heterocycles. The lowest BCUT2D eigenvalue weighted by atomic mass is 10.1. The van der Waals surface area contributed by atoms with E-state index in [2.05, 4.69) is 22.6 Å². The maximum Gasteiger partial charge on any atom is 0.0776 e. The monoisotopic (exact) mass is 316 g/mol. The number of rotatable bonds is 1. The molecule has 0 heterocycles. The summed E-state index contributed by atoms with van der Waals surface area (Å²) in [5.41, 5.74) is 0.669. The van der Waals surface area contributed by atoms with E-state index in [1.165, 1.54) is 0 Å². The lowest BCUT2D eigenvalue weighted by molar-refractivity contribution is 0.199. The molecule has 0 radical (unpaired) electrons. The summed E-state index contributed by atoms with van der Waals surface area (Å²) in [6, 6.07) is 3.61. The van der Waals surface area contributed by atoms with Gasteiger partial charge in [0.25, 0.3) is 0 Å². The lowest BCUT2D eigenvalue weighted by Crippen LogP contribution is -1.93. The Kier molecular flexibility index (Phi) is 3.64. The topological polar surface area (TPSA) is 20.2 Å². The normalized spacial score (nSPS) is 13.1. The van der Waals surface area contributed by atoms with Crippen LogP contribution >= 0.6 is 45.8 Å². The van der Waals surface area contributed by atoms with Crippen LogP contribution in [0.2, 0.25) is 10.0 Å². The van der Waals surface area contributed by atoms with Crippen molar-refractivity contribution in [2.45, 2.75) is 13.0 Å². The fraction of sp³-hybridized carbons (Fsp3) is 0.250. The first-order valence-electron chi connectivity index (χ1n) is 3.35. The summed E-state index contributed by atoms with van der Waals surface area (Å²) in [4.78, 5) is 0. The lowest BCUT2D eigenvalue weighted by Gasteiger charge is -2.09. The molecule has 0 aliphatic carbocycles. The molecule has 4 heteroatoms. The Morgan fingerprint density at radius 1 is 1.33 bits per heavy atom. The van der Waals surface area contributed by atoms with Crippen LogP contribution in [0.1, 0.15) is 18.6 Å². The summed E-state index contributed by atoms with van der Waals surface area (Å²) >= 11 is 13.9. The van der Waals surface area contributed by atoms with Gasteiger partial charge in [-0.25, -0.2) is 0 Å². The molecular formula is C8H7Cl2IO. The van der Waals surface area contributed by atoms with Gasteiger partial charge in [0.2, 0.25) is 0 Å². The fourth-order valence-corrected chi connectivity index (χ4v) is 1.97. The summed E-state index contributed by atoms with van der Waals surface area (Å²) < 4.78 is 0.892. The average Bonchev–Trinajstić information content (AvgIpc) is 2.00. The number of hydrogen-bond donors (Lipinski definition) is 1. The molecule has 1 N–H and O–H groups in total. The Bertz CT molecular complexity index is 299. The van der Waals surface area contributed by atoms with Gasteiger partial charge in [-0.1, -0.05) is 29.3 Å². The van der Waals surface area contributed by atoms with E-state index >= 15 is 0 Å². The van der Waals surface area contributed by atoms with Crippen molar-refractivity contribution in [1.29, 1.82) is 0 Å². The van der Waals surface area contributed by atoms with Crippen molar-refractivity contribution in [1.82, 2.24) is 0 Å². The van der Waals surface area contributed by atoms with Crippen molar-refractivity contribution in [2.75, 3.05) is 0 Å². The minimum absolute atomic E-state index is 0.443. The summed E-state index contributed by atoms with van der Waals surface area (Å²) in [5, 5.41) is 10.2. The molecule has 66 valence electrons. The largest absolute Gasteiger partial charge is 0.389 e. The zero-order valence-corrected chi connectivity index (χ0v) is 9.98. The Morgan fingerprint density at radius 2 is 1.92 bits per heavy atom. The SMILES string of the molecule is CC(O)c1ccc(I)c(Cl)c1Cl. The zero-order valence-electron chi connectivity index (χ0n) is 6.31. The summed E-state index contributed by atoms with van der Waals surface area (Å²) in [7, 11) is 0. The molecule has 1 nitrogen and oxygen atoms in total. The van der Waals surface area contributed by atoms with Crippen LogP contribution in [0.4, 0.5) is 0 Å². The van der Waals surface area contributed by atoms with Crippen LogP contribution in [-0.4, -0.2) is 5.11 Å². The second kappa shape index (κ2) is 4.13. The van der Waals surface area contributed by atoms with Crippen molar-refractivity contribution >= 4 is 45.8 Å². The van der Waals surface area contributed by atoms with Gasteiger partial charge < -0.3 is 5.11 Å². The number of benzene rings is 1. The van der Waals surface area contributed by atoms with Crippen LogP contribution in [0.5, 0.6) is 0 Å². The highest BCUT2D eigenvalue weighted by molar-refractivity contribution is 14.1. The molecule has 1 unspecified atom stereocenters. The Morgan fingerprint density at radius 3 is 2.42 bits per heavy atom. The Balaban J connectivity index is 3.27. The molecule has 0 saturated heterocycles. The first-order valence-corrected chi connectivity index (χ1v) is 5.19. The molecule has 0 aliphatic heterocycles. The average molecular weight is 317 g/mol. The van der Waals surface area contributed by atoms with Gasteiger partial charge in [-0.05, 0) is 35.6 Å². The molecule has 0 amide bonds. The van der Waals surface area contributed by atoms with Crippen LogP contribution in [0.25, 0.3) is 0 Å². The first-order chi connectivity index (χ1) is 5.54. The molecule has 12 heavy (non-hydrogen) atoms. The predicted molar refractivity (Wildman–Crippen MR) is 59.8 cm³/mol. The van der Waals surface area contributed by atoms with E-state index in [1.807, 2.05) is 6.07 Å². The predicted octanol–water partition coefficient (Wildman–Crippen LogP) is 3.65. The van der Waals surface area contributed by atoms with Crippen molar-refractivity contribution in [2.24, 2.45) is 0 Å². The molecular weight excluding hydrogens is 310 g/mol. The minimum atomic E-state index is -0.577. The first kappa shape index (κ1) is 10.6. The highest BCUT2D eigenvalue weighted by atomic mass is 127. The second-order valence-electron chi connectivity index (χ2n) is 2.44. The molecule has 0 saturated carbocycles. The third-order valence-electron chi connectivity index (χ3n) is 1.52. The standard InChI is InChI=1S/C8H7Cl2IO/c1-4(12)5-2-3-6(11)8(10)7(5)9/h2-4,12H,1H3. The zero-order chi connectivity index (χ0) is 9.30. The van der Waals surface area contributed by atoms with E-state index < -0.39 is 6.10 Å². The molecule has 0 spiro atoms. The van der Waals surface area contributed by atoms with E-state index in [9.17, 15) is 5.11 Å². The summed E-state index contributed by atoms with van der Waals surface area (Å²) in [6.07, 6.45) is -0.577. The quantitative estimate of drug-likeness (QED) is 0.619. The van der Waals surface area contributed by atoms with Gasteiger partial charge in [-0.3, -0.25) is 0 Å². The molecule has 1 atom stereocenters. The third-order valence-corrected chi connectivity index (χ3v) is 3.63. The summed E-state index contributed by atoms with van der Waals surface area (Å²) in [6.45, 7) is 1.66. The van der Waals surface area contributed by atoms with Gasteiger partial charge in [-0.2, -0.15) is 0 Å². The van der Waals surface area contributed by atoms with E-state index in [4.69, 9.17) is 23.2 Å². The third kappa shape index (κ3) is 2.05. The van der Waals surface area contributed by atoms with Crippen LogP contribution in [0, 0.1) is 3.57 Å². The Labute approximate surface area is 94.8 Å². The van der Waals surface area contributed by atoms with E-state index in [1.54, 1.807) is 13.0 Å². The van der Waals surface area contributed by atoms with Crippen molar-refractivity contribution in [3.63, 3.8) is 0 Å². The molecule has 1 rings (SSSR count). The number of halogens is 3. The van der Waals surface area contributed by atoms with Crippen LogP contribution in [-0.2, 0) is 0 Å².